The molecule has 0 N–H and O–H groups in total. The minimum atomic E-state index is -0.559. The van der Waals surface area contributed by atoms with Crippen molar-refractivity contribution in [3.05, 3.63) is 64.7 Å². The molecule has 2 aromatic rings. The highest BCUT2D eigenvalue weighted by Gasteiger charge is 2.21. The van der Waals surface area contributed by atoms with Crippen molar-refractivity contribution in [1.29, 1.82) is 0 Å². The molecule has 0 radical (unpaired) electrons. The number of carbonyl (C=O) groups excluding carboxylic acids is 1. The molecule has 2 nitrogen and oxygen atoms in total. The SMILES string of the molecule is CC(C)(C)OC(=O)c1cccc(-c2cccc(Cl)c2)c1/C=C/CCl. The van der Waals surface area contributed by atoms with Crippen molar-refractivity contribution in [3.63, 3.8) is 0 Å². The normalized spacial score (nSPS) is 11.7. The zero-order chi connectivity index (χ0) is 17.7. The van der Waals surface area contributed by atoms with Gasteiger partial charge in [0.25, 0.3) is 0 Å². The quantitative estimate of drug-likeness (QED) is 0.477. The van der Waals surface area contributed by atoms with E-state index in [9.17, 15) is 4.79 Å². The van der Waals surface area contributed by atoms with Gasteiger partial charge in [0.05, 0.1) is 5.56 Å². The Morgan fingerprint density at radius 2 is 1.88 bits per heavy atom. The summed E-state index contributed by atoms with van der Waals surface area (Å²) in [6, 6.07) is 13.1. The van der Waals surface area contributed by atoms with E-state index in [1.165, 1.54) is 0 Å². The molecule has 0 aliphatic heterocycles. The first-order chi connectivity index (χ1) is 11.3. The molecule has 0 aliphatic carbocycles. The molecule has 0 fully saturated rings. The third-order valence-corrected chi connectivity index (χ3v) is 3.65. The molecular weight excluding hydrogens is 343 g/mol. The highest BCUT2D eigenvalue weighted by molar-refractivity contribution is 6.30. The van der Waals surface area contributed by atoms with Crippen LogP contribution in [0.4, 0.5) is 0 Å². The molecule has 126 valence electrons. The maximum Gasteiger partial charge on any atom is 0.339 e. The zero-order valence-electron chi connectivity index (χ0n) is 14.0. The number of esters is 1. The second kappa shape index (κ2) is 7.87. The molecule has 0 unspecified atom stereocenters. The van der Waals surface area contributed by atoms with Crippen LogP contribution in [0.15, 0.2) is 48.5 Å². The van der Waals surface area contributed by atoms with Crippen LogP contribution in [0, 0.1) is 0 Å². The molecule has 2 aromatic carbocycles. The number of halogens is 2. The van der Waals surface area contributed by atoms with Crippen molar-refractivity contribution in [3.8, 4) is 11.1 Å². The highest BCUT2D eigenvalue weighted by atomic mass is 35.5. The van der Waals surface area contributed by atoms with E-state index in [2.05, 4.69) is 0 Å². The van der Waals surface area contributed by atoms with Crippen LogP contribution >= 0.6 is 23.2 Å². The first-order valence-corrected chi connectivity index (χ1v) is 8.58. The van der Waals surface area contributed by atoms with E-state index in [1.54, 1.807) is 12.1 Å². The summed E-state index contributed by atoms with van der Waals surface area (Å²) in [6.45, 7) is 5.54. The Morgan fingerprint density at radius 3 is 2.50 bits per heavy atom. The number of allylic oxidation sites excluding steroid dienone is 1. The van der Waals surface area contributed by atoms with Crippen LogP contribution in [0.25, 0.3) is 17.2 Å². The van der Waals surface area contributed by atoms with Crippen LogP contribution in [0.2, 0.25) is 5.02 Å². The van der Waals surface area contributed by atoms with Crippen molar-refractivity contribution < 1.29 is 9.53 Å². The molecule has 4 heteroatoms. The van der Waals surface area contributed by atoms with Crippen LogP contribution < -0.4 is 0 Å². The molecule has 0 saturated heterocycles. The molecule has 0 amide bonds. The van der Waals surface area contributed by atoms with E-state index < -0.39 is 5.60 Å². The number of ether oxygens (including phenoxy) is 1. The van der Waals surface area contributed by atoms with Gasteiger partial charge in [-0.15, -0.1) is 11.6 Å². The van der Waals surface area contributed by atoms with Gasteiger partial charge in [-0.3, -0.25) is 0 Å². The molecule has 2 rings (SSSR count). The van der Waals surface area contributed by atoms with Crippen LogP contribution in [0.1, 0.15) is 36.7 Å². The number of rotatable bonds is 4. The largest absolute Gasteiger partial charge is 0.456 e. The van der Waals surface area contributed by atoms with Gasteiger partial charge in [0.15, 0.2) is 0 Å². The van der Waals surface area contributed by atoms with Crippen molar-refractivity contribution in [2.45, 2.75) is 26.4 Å². The number of carbonyl (C=O) groups is 1. The Bertz CT molecular complexity index is 758. The fourth-order valence-corrected chi connectivity index (χ4v) is 2.61. The third kappa shape index (κ3) is 4.86. The predicted octanol–water partition coefficient (Wildman–Crippen LogP) is 6.21. The van der Waals surface area contributed by atoms with Gasteiger partial charge in [-0.2, -0.15) is 0 Å². The molecule has 0 aliphatic rings. The summed E-state index contributed by atoms with van der Waals surface area (Å²) in [5.74, 6) is -0.00179. The third-order valence-electron chi connectivity index (χ3n) is 3.23. The lowest BCUT2D eigenvalue weighted by Gasteiger charge is -2.21. The average molecular weight is 363 g/mol. The average Bonchev–Trinajstić information content (AvgIpc) is 2.51. The Balaban J connectivity index is 2.58. The van der Waals surface area contributed by atoms with Crippen molar-refractivity contribution in [2.75, 3.05) is 5.88 Å². The Hall–Kier alpha value is -1.77. The molecule has 24 heavy (non-hydrogen) atoms. The van der Waals surface area contributed by atoms with E-state index >= 15 is 0 Å². The summed E-state index contributed by atoms with van der Waals surface area (Å²) in [6.07, 6.45) is 3.65. The van der Waals surface area contributed by atoms with Crippen molar-refractivity contribution in [1.82, 2.24) is 0 Å². The molecule has 0 atom stereocenters. The van der Waals surface area contributed by atoms with E-state index in [-0.39, 0.29) is 5.97 Å². The maximum absolute atomic E-state index is 12.6. The number of benzene rings is 2. The lowest BCUT2D eigenvalue weighted by molar-refractivity contribution is 0.00694. The van der Waals surface area contributed by atoms with Gasteiger partial charge in [-0.25, -0.2) is 4.79 Å². The summed E-state index contributed by atoms with van der Waals surface area (Å²) in [5, 5.41) is 0.641. The number of hydrogen-bond acceptors (Lipinski definition) is 2. The standard InChI is InChI=1S/C20H20Cl2O2/c1-20(2,3)24-19(23)18-10-5-9-16(17(18)11-6-12-21)14-7-4-8-15(22)13-14/h4-11,13H,12H2,1-3H3/b11-6+. The molecule has 0 bridgehead atoms. The monoisotopic (exact) mass is 362 g/mol. The number of alkyl halides is 1. The summed E-state index contributed by atoms with van der Waals surface area (Å²) in [7, 11) is 0. The summed E-state index contributed by atoms with van der Waals surface area (Å²) < 4.78 is 5.53. The van der Waals surface area contributed by atoms with Crippen LogP contribution in [-0.4, -0.2) is 17.5 Å². The van der Waals surface area contributed by atoms with Crippen molar-refractivity contribution in [2.24, 2.45) is 0 Å². The van der Waals surface area contributed by atoms with E-state index in [0.29, 0.717) is 16.5 Å². The molecule has 0 saturated carbocycles. The van der Waals surface area contributed by atoms with E-state index in [1.807, 2.05) is 63.2 Å². The first-order valence-electron chi connectivity index (χ1n) is 7.66. The second-order valence-corrected chi connectivity index (χ2v) is 7.08. The van der Waals surface area contributed by atoms with Crippen molar-refractivity contribution >= 4 is 35.2 Å². The van der Waals surface area contributed by atoms with E-state index in [4.69, 9.17) is 27.9 Å². The Morgan fingerprint density at radius 1 is 1.17 bits per heavy atom. The van der Waals surface area contributed by atoms with Gasteiger partial charge in [-0.1, -0.05) is 48.0 Å². The predicted molar refractivity (Wildman–Crippen MR) is 102 cm³/mol. The lowest BCUT2D eigenvalue weighted by atomic mass is 9.95. The highest BCUT2D eigenvalue weighted by Crippen LogP contribution is 2.30. The van der Waals surface area contributed by atoms with Crippen LogP contribution in [0.5, 0.6) is 0 Å². The molecule has 0 aromatic heterocycles. The molecule has 0 spiro atoms. The van der Waals surface area contributed by atoms with Gasteiger partial charge < -0.3 is 4.74 Å². The van der Waals surface area contributed by atoms with Crippen LogP contribution in [-0.2, 0) is 4.74 Å². The smallest absolute Gasteiger partial charge is 0.339 e. The zero-order valence-corrected chi connectivity index (χ0v) is 15.5. The fourth-order valence-electron chi connectivity index (χ4n) is 2.33. The topological polar surface area (TPSA) is 26.3 Å². The molecular formula is C20H20Cl2O2. The number of hydrogen-bond donors (Lipinski definition) is 0. The Labute approximate surface area is 153 Å². The van der Waals surface area contributed by atoms with Gasteiger partial charge in [0.1, 0.15) is 5.60 Å². The summed E-state index contributed by atoms with van der Waals surface area (Å²) in [5.41, 5.74) is 2.55. The minimum Gasteiger partial charge on any atom is -0.456 e. The Kier molecular flexibility index (Phi) is 6.09. The second-order valence-electron chi connectivity index (χ2n) is 6.34. The minimum absolute atomic E-state index is 0.359. The molecule has 0 heterocycles. The summed E-state index contributed by atoms with van der Waals surface area (Å²) >= 11 is 11.9. The maximum atomic E-state index is 12.6. The fraction of sp³-hybridized carbons (Fsp3) is 0.250. The van der Waals surface area contributed by atoms with E-state index in [0.717, 1.165) is 16.7 Å². The van der Waals surface area contributed by atoms with Gasteiger partial charge >= 0.3 is 5.97 Å². The van der Waals surface area contributed by atoms with Gasteiger partial charge in [0.2, 0.25) is 0 Å². The first kappa shape index (κ1) is 18.6. The van der Waals surface area contributed by atoms with Gasteiger partial charge in [0, 0.05) is 10.9 Å². The van der Waals surface area contributed by atoms with Crippen LogP contribution in [0.3, 0.4) is 0 Å². The van der Waals surface area contributed by atoms with Gasteiger partial charge in [-0.05, 0) is 55.7 Å². The lowest BCUT2D eigenvalue weighted by Crippen LogP contribution is -2.24. The summed E-state index contributed by atoms with van der Waals surface area (Å²) in [4.78, 5) is 12.6.